The zero-order valence-electron chi connectivity index (χ0n) is 8.06. The van der Waals surface area contributed by atoms with Gasteiger partial charge in [-0.15, -0.1) is 5.10 Å². The van der Waals surface area contributed by atoms with Crippen LogP contribution in [0.2, 0.25) is 0 Å². The lowest BCUT2D eigenvalue weighted by molar-refractivity contribution is -0.116. The van der Waals surface area contributed by atoms with Crippen molar-refractivity contribution in [2.24, 2.45) is 5.73 Å². The zero-order valence-corrected chi connectivity index (χ0v) is 8.88. The largest absolute Gasteiger partial charge is 0.327 e. The van der Waals surface area contributed by atoms with Gasteiger partial charge in [-0.05, 0) is 6.42 Å². The van der Waals surface area contributed by atoms with Crippen molar-refractivity contribution in [3.8, 4) is 0 Å². The normalized spacial score (nSPS) is 12.4. The van der Waals surface area contributed by atoms with E-state index in [0.717, 1.165) is 24.4 Å². The standard InChI is InChI=1S/C8H14N4OS/c1-2-3-6(9)4-7(13)11-8-5-10-12-14-8/h5-6H,2-4,9H2,1H3,(H,11,13). The first kappa shape index (κ1) is 11.1. The Kier molecular flexibility index (Phi) is 4.48. The maximum absolute atomic E-state index is 11.4. The molecule has 0 fully saturated rings. The van der Waals surface area contributed by atoms with Gasteiger partial charge in [-0.2, -0.15) is 0 Å². The summed E-state index contributed by atoms with van der Waals surface area (Å²) in [6, 6.07) is -0.0547. The van der Waals surface area contributed by atoms with E-state index in [2.05, 4.69) is 14.9 Å². The zero-order chi connectivity index (χ0) is 10.4. The Bertz CT molecular complexity index is 275. The maximum atomic E-state index is 11.4. The van der Waals surface area contributed by atoms with Crippen LogP contribution >= 0.6 is 11.5 Å². The monoisotopic (exact) mass is 214 g/mol. The summed E-state index contributed by atoms with van der Waals surface area (Å²) < 4.78 is 3.64. The Labute approximate surface area is 86.9 Å². The van der Waals surface area contributed by atoms with Crippen molar-refractivity contribution < 1.29 is 4.79 Å². The van der Waals surface area contributed by atoms with Gasteiger partial charge in [-0.1, -0.05) is 17.8 Å². The van der Waals surface area contributed by atoms with E-state index < -0.39 is 0 Å². The van der Waals surface area contributed by atoms with E-state index >= 15 is 0 Å². The molecule has 5 nitrogen and oxygen atoms in total. The van der Waals surface area contributed by atoms with Crippen LogP contribution in [0.1, 0.15) is 26.2 Å². The van der Waals surface area contributed by atoms with Crippen LogP contribution in [0.15, 0.2) is 6.20 Å². The third kappa shape index (κ3) is 3.80. The first-order valence-electron chi connectivity index (χ1n) is 4.55. The molecule has 0 spiro atoms. The van der Waals surface area contributed by atoms with Crippen LogP contribution in [0, 0.1) is 0 Å². The predicted octanol–water partition coefficient (Wildman–Crippen LogP) is 0.994. The van der Waals surface area contributed by atoms with E-state index in [1.807, 2.05) is 6.92 Å². The summed E-state index contributed by atoms with van der Waals surface area (Å²) >= 11 is 1.16. The molecule has 1 aromatic rings. The molecule has 1 atom stereocenters. The van der Waals surface area contributed by atoms with Crippen LogP contribution in [0.5, 0.6) is 0 Å². The maximum Gasteiger partial charge on any atom is 0.226 e. The minimum absolute atomic E-state index is 0.0547. The fourth-order valence-corrected chi connectivity index (χ4v) is 1.56. The Morgan fingerprint density at radius 3 is 3.14 bits per heavy atom. The Morgan fingerprint density at radius 2 is 2.57 bits per heavy atom. The number of anilines is 1. The highest BCUT2D eigenvalue weighted by Crippen LogP contribution is 2.10. The van der Waals surface area contributed by atoms with Gasteiger partial charge in [-0.25, -0.2) is 0 Å². The van der Waals surface area contributed by atoms with Crippen molar-refractivity contribution in [3.05, 3.63) is 6.20 Å². The van der Waals surface area contributed by atoms with Gasteiger partial charge in [0.2, 0.25) is 5.91 Å². The molecule has 1 aromatic heterocycles. The van der Waals surface area contributed by atoms with Crippen LogP contribution in [0.4, 0.5) is 5.00 Å². The third-order valence-corrected chi connectivity index (χ3v) is 2.31. The lowest BCUT2D eigenvalue weighted by atomic mass is 10.1. The van der Waals surface area contributed by atoms with Gasteiger partial charge in [0.05, 0.1) is 6.20 Å². The quantitative estimate of drug-likeness (QED) is 0.766. The molecule has 78 valence electrons. The number of hydrogen-bond acceptors (Lipinski definition) is 5. The van der Waals surface area contributed by atoms with Gasteiger partial charge in [0.25, 0.3) is 0 Å². The summed E-state index contributed by atoms with van der Waals surface area (Å²) in [5, 5.41) is 6.96. The molecule has 1 amide bonds. The number of hydrogen-bond donors (Lipinski definition) is 2. The van der Waals surface area contributed by atoms with Crippen LogP contribution in [-0.4, -0.2) is 21.5 Å². The number of rotatable bonds is 5. The summed E-state index contributed by atoms with van der Waals surface area (Å²) in [7, 11) is 0. The van der Waals surface area contributed by atoms with Crippen molar-refractivity contribution in [3.63, 3.8) is 0 Å². The highest BCUT2D eigenvalue weighted by Gasteiger charge is 2.09. The third-order valence-electron chi connectivity index (χ3n) is 1.73. The Morgan fingerprint density at radius 1 is 1.79 bits per heavy atom. The average molecular weight is 214 g/mol. The number of nitrogens with two attached hydrogens (primary N) is 1. The second-order valence-corrected chi connectivity index (χ2v) is 3.87. The summed E-state index contributed by atoms with van der Waals surface area (Å²) in [5.41, 5.74) is 5.73. The first-order valence-corrected chi connectivity index (χ1v) is 5.32. The molecule has 1 unspecified atom stereocenters. The van der Waals surface area contributed by atoms with Gasteiger partial charge in [0.1, 0.15) is 5.00 Å². The number of amides is 1. The Balaban J connectivity index is 2.29. The molecule has 0 aliphatic heterocycles. The average Bonchev–Trinajstić information content (AvgIpc) is 2.56. The fraction of sp³-hybridized carbons (Fsp3) is 0.625. The van der Waals surface area contributed by atoms with E-state index in [1.54, 1.807) is 0 Å². The van der Waals surface area contributed by atoms with Crippen LogP contribution in [0.3, 0.4) is 0 Å². The van der Waals surface area contributed by atoms with Crippen LogP contribution < -0.4 is 11.1 Å². The van der Waals surface area contributed by atoms with Crippen LogP contribution in [-0.2, 0) is 4.79 Å². The molecule has 3 N–H and O–H groups in total. The van der Waals surface area contributed by atoms with Gasteiger partial charge in [0.15, 0.2) is 0 Å². The molecule has 1 heterocycles. The fourth-order valence-electron chi connectivity index (χ4n) is 1.12. The highest BCUT2D eigenvalue weighted by molar-refractivity contribution is 7.10. The number of nitrogens with one attached hydrogen (secondary N) is 1. The topological polar surface area (TPSA) is 80.9 Å². The molecule has 0 saturated carbocycles. The van der Waals surface area contributed by atoms with Crippen molar-refractivity contribution in [2.45, 2.75) is 32.2 Å². The molecular weight excluding hydrogens is 200 g/mol. The molecule has 0 radical (unpaired) electrons. The van der Waals surface area contributed by atoms with Crippen LogP contribution in [0.25, 0.3) is 0 Å². The van der Waals surface area contributed by atoms with E-state index in [0.29, 0.717) is 11.4 Å². The molecule has 0 bridgehead atoms. The minimum atomic E-state index is -0.0722. The summed E-state index contributed by atoms with van der Waals surface area (Å²) in [5.74, 6) is -0.0722. The second-order valence-electron chi connectivity index (χ2n) is 3.08. The van der Waals surface area contributed by atoms with Gasteiger partial charge < -0.3 is 11.1 Å². The molecule has 1 rings (SSSR count). The number of aromatic nitrogens is 2. The SMILES string of the molecule is CCCC(N)CC(=O)Nc1cnns1. The second kappa shape index (κ2) is 5.66. The number of carbonyl (C=O) groups excluding carboxylic acids is 1. The first-order chi connectivity index (χ1) is 6.72. The van der Waals surface area contributed by atoms with Gasteiger partial charge in [0, 0.05) is 24.0 Å². The minimum Gasteiger partial charge on any atom is -0.327 e. The summed E-state index contributed by atoms with van der Waals surface area (Å²) in [6.07, 6.45) is 3.74. The van der Waals surface area contributed by atoms with Crippen molar-refractivity contribution in [1.29, 1.82) is 0 Å². The van der Waals surface area contributed by atoms with Crippen molar-refractivity contribution in [2.75, 3.05) is 5.32 Å². The van der Waals surface area contributed by atoms with Crippen molar-refractivity contribution >= 4 is 22.4 Å². The van der Waals surface area contributed by atoms with E-state index in [1.165, 1.54) is 6.20 Å². The molecular formula is C8H14N4OS. The molecule has 0 aliphatic carbocycles. The lowest BCUT2D eigenvalue weighted by Gasteiger charge is -2.08. The predicted molar refractivity (Wildman–Crippen MR) is 56.0 cm³/mol. The molecule has 0 aliphatic rings. The van der Waals surface area contributed by atoms with Crippen molar-refractivity contribution in [1.82, 2.24) is 9.59 Å². The summed E-state index contributed by atoms with van der Waals surface area (Å²) in [6.45, 7) is 2.05. The molecule has 0 saturated heterocycles. The molecule has 0 aromatic carbocycles. The Hall–Kier alpha value is -1.01. The number of carbonyl (C=O) groups is 1. The van der Waals surface area contributed by atoms with Gasteiger partial charge in [-0.3, -0.25) is 4.79 Å². The van der Waals surface area contributed by atoms with Gasteiger partial charge >= 0.3 is 0 Å². The molecule has 6 heteroatoms. The lowest BCUT2D eigenvalue weighted by Crippen LogP contribution is -2.26. The summed E-state index contributed by atoms with van der Waals surface area (Å²) in [4.78, 5) is 11.4. The van der Waals surface area contributed by atoms with E-state index in [9.17, 15) is 4.79 Å². The van der Waals surface area contributed by atoms with E-state index in [4.69, 9.17) is 5.73 Å². The highest BCUT2D eigenvalue weighted by atomic mass is 32.1. The molecule has 14 heavy (non-hydrogen) atoms. The number of nitrogens with zero attached hydrogens (tertiary/aromatic N) is 2. The smallest absolute Gasteiger partial charge is 0.226 e. The van der Waals surface area contributed by atoms with E-state index in [-0.39, 0.29) is 11.9 Å².